The molecule has 120 valence electrons. The molecule has 0 aromatic heterocycles. The van der Waals surface area contributed by atoms with Crippen molar-refractivity contribution in [2.45, 2.75) is 6.54 Å². The summed E-state index contributed by atoms with van der Waals surface area (Å²) in [5, 5.41) is 0. The van der Waals surface area contributed by atoms with Crippen LogP contribution < -0.4 is 4.74 Å². The molecular formula is C18H17BrFNO2. The lowest BCUT2D eigenvalue weighted by molar-refractivity contribution is -0.125. The molecule has 0 fully saturated rings. The van der Waals surface area contributed by atoms with Gasteiger partial charge in [-0.05, 0) is 42.0 Å². The smallest absolute Gasteiger partial charge is 0.246 e. The first-order valence-corrected chi connectivity index (χ1v) is 7.80. The largest absolute Gasteiger partial charge is 0.496 e. The first-order valence-electron chi connectivity index (χ1n) is 7.01. The number of amides is 1. The van der Waals surface area contributed by atoms with E-state index < -0.39 is 0 Å². The standard InChI is InChI=1S/C18H17BrFNO2/c1-21(12-13-3-7-16(20)8-4-13)18(22)10-5-14-11-15(19)6-9-17(14)23-2/h3-11H,12H2,1-2H3. The van der Waals surface area contributed by atoms with Crippen LogP contribution >= 0.6 is 15.9 Å². The Balaban J connectivity index is 2.05. The van der Waals surface area contributed by atoms with Crippen molar-refractivity contribution < 1.29 is 13.9 Å². The molecule has 0 atom stereocenters. The summed E-state index contributed by atoms with van der Waals surface area (Å²) in [5.74, 6) is 0.263. The van der Waals surface area contributed by atoms with Crippen molar-refractivity contribution in [3.05, 3.63) is 70.0 Å². The normalized spacial score (nSPS) is 10.8. The minimum absolute atomic E-state index is 0.142. The average molecular weight is 378 g/mol. The van der Waals surface area contributed by atoms with E-state index in [-0.39, 0.29) is 11.7 Å². The SMILES string of the molecule is COc1ccc(Br)cc1C=CC(=O)N(C)Cc1ccc(F)cc1. The second-order valence-electron chi connectivity index (χ2n) is 5.04. The van der Waals surface area contributed by atoms with Gasteiger partial charge in [-0.15, -0.1) is 0 Å². The number of ether oxygens (including phenoxy) is 1. The highest BCUT2D eigenvalue weighted by Crippen LogP contribution is 2.24. The molecule has 0 aliphatic carbocycles. The molecule has 0 spiro atoms. The fraction of sp³-hybridized carbons (Fsp3) is 0.167. The lowest BCUT2D eigenvalue weighted by Crippen LogP contribution is -2.24. The van der Waals surface area contributed by atoms with Crippen molar-refractivity contribution in [3.63, 3.8) is 0 Å². The summed E-state index contributed by atoms with van der Waals surface area (Å²) in [6, 6.07) is 11.7. The van der Waals surface area contributed by atoms with Crippen LogP contribution in [0.4, 0.5) is 4.39 Å². The number of hydrogen-bond acceptors (Lipinski definition) is 2. The zero-order valence-electron chi connectivity index (χ0n) is 12.9. The van der Waals surface area contributed by atoms with Gasteiger partial charge in [0.1, 0.15) is 11.6 Å². The average Bonchev–Trinajstić information content (AvgIpc) is 2.54. The molecule has 0 saturated carbocycles. The molecule has 2 aromatic carbocycles. The van der Waals surface area contributed by atoms with E-state index in [1.807, 2.05) is 18.2 Å². The summed E-state index contributed by atoms with van der Waals surface area (Å²) < 4.78 is 19.1. The van der Waals surface area contributed by atoms with Crippen molar-refractivity contribution in [1.29, 1.82) is 0 Å². The minimum Gasteiger partial charge on any atom is -0.496 e. The Bertz CT molecular complexity index is 713. The van der Waals surface area contributed by atoms with Gasteiger partial charge < -0.3 is 9.64 Å². The van der Waals surface area contributed by atoms with Crippen molar-refractivity contribution in [2.75, 3.05) is 14.2 Å². The van der Waals surface area contributed by atoms with Gasteiger partial charge >= 0.3 is 0 Å². The van der Waals surface area contributed by atoms with E-state index in [0.29, 0.717) is 12.3 Å². The molecule has 2 aromatic rings. The van der Waals surface area contributed by atoms with E-state index in [9.17, 15) is 9.18 Å². The van der Waals surface area contributed by atoms with Crippen LogP contribution in [-0.4, -0.2) is 25.0 Å². The van der Waals surface area contributed by atoms with Gasteiger partial charge in [0.05, 0.1) is 7.11 Å². The molecule has 3 nitrogen and oxygen atoms in total. The zero-order chi connectivity index (χ0) is 16.8. The van der Waals surface area contributed by atoms with Crippen LogP contribution in [0.2, 0.25) is 0 Å². The van der Waals surface area contributed by atoms with E-state index in [1.54, 1.807) is 37.3 Å². The summed E-state index contributed by atoms with van der Waals surface area (Å²) in [6.45, 7) is 0.416. The summed E-state index contributed by atoms with van der Waals surface area (Å²) in [4.78, 5) is 13.7. The van der Waals surface area contributed by atoms with Crippen LogP contribution in [0.5, 0.6) is 5.75 Å². The molecule has 1 amide bonds. The Labute approximate surface area is 143 Å². The fourth-order valence-corrected chi connectivity index (χ4v) is 2.44. The van der Waals surface area contributed by atoms with Gasteiger partial charge in [-0.1, -0.05) is 28.1 Å². The molecule has 5 heteroatoms. The van der Waals surface area contributed by atoms with E-state index in [2.05, 4.69) is 15.9 Å². The number of hydrogen-bond donors (Lipinski definition) is 0. The van der Waals surface area contributed by atoms with Crippen LogP contribution in [0.3, 0.4) is 0 Å². The minimum atomic E-state index is -0.288. The molecule has 0 heterocycles. The van der Waals surface area contributed by atoms with Gasteiger partial charge in [0, 0.05) is 29.7 Å². The third-order valence-electron chi connectivity index (χ3n) is 3.31. The van der Waals surface area contributed by atoms with Gasteiger partial charge in [0.25, 0.3) is 0 Å². The highest BCUT2D eigenvalue weighted by Gasteiger charge is 2.07. The topological polar surface area (TPSA) is 29.5 Å². The fourth-order valence-electron chi connectivity index (χ4n) is 2.07. The van der Waals surface area contributed by atoms with E-state index in [0.717, 1.165) is 15.6 Å². The lowest BCUT2D eigenvalue weighted by atomic mass is 10.2. The molecule has 0 aliphatic rings. The maximum atomic E-state index is 12.9. The predicted octanol–water partition coefficient (Wildman–Crippen LogP) is 4.27. The molecule has 23 heavy (non-hydrogen) atoms. The van der Waals surface area contributed by atoms with Gasteiger partial charge in [-0.2, -0.15) is 0 Å². The summed E-state index contributed by atoms with van der Waals surface area (Å²) in [6.07, 6.45) is 3.21. The van der Waals surface area contributed by atoms with E-state index in [1.165, 1.54) is 18.2 Å². The predicted molar refractivity (Wildman–Crippen MR) is 92.6 cm³/mol. The second-order valence-corrected chi connectivity index (χ2v) is 5.96. The maximum Gasteiger partial charge on any atom is 0.246 e. The quantitative estimate of drug-likeness (QED) is 0.728. The highest BCUT2D eigenvalue weighted by atomic mass is 79.9. The van der Waals surface area contributed by atoms with Crippen LogP contribution in [0, 0.1) is 5.82 Å². The molecule has 0 bridgehead atoms. The van der Waals surface area contributed by atoms with Crippen molar-refractivity contribution >= 4 is 27.9 Å². The van der Waals surface area contributed by atoms with Crippen molar-refractivity contribution in [3.8, 4) is 5.75 Å². The number of likely N-dealkylation sites (N-methyl/N-ethyl adjacent to an activating group) is 1. The zero-order valence-corrected chi connectivity index (χ0v) is 14.5. The Morgan fingerprint density at radius 2 is 1.96 bits per heavy atom. The highest BCUT2D eigenvalue weighted by molar-refractivity contribution is 9.10. The summed E-state index contributed by atoms with van der Waals surface area (Å²) in [5.41, 5.74) is 1.68. The molecule has 0 unspecified atom stereocenters. The Morgan fingerprint density at radius 3 is 2.61 bits per heavy atom. The number of carbonyl (C=O) groups excluding carboxylic acids is 1. The molecule has 0 saturated heterocycles. The van der Waals surface area contributed by atoms with E-state index >= 15 is 0 Å². The molecular weight excluding hydrogens is 361 g/mol. The number of rotatable bonds is 5. The van der Waals surface area contributed by atoms with Crippen molar-refractivity contribution in [2.24, 2.45) is 0 Å². The van der Waals surface area contributed by atoms with Gasteiger partial charge in [-0.25, -0.2) is 4.39 Å². The number of methoxy groups -OCH3 is 1. The first kappa shape index (κ1) is 17.2. The van der Waals surface area contributed by atoms with Crippen LogP contribution in [-0.2, 0) is 11.3 Å². The molecule has 2 rings (SSSR count). The molecule has 0 aliphatic heterocycles. The third-order valence-corrected chi connectivity index (χ3v) is 3.80. The van der Waals surface area contributed by atoms with Crippen molar-refractivity contribution in [1.82, 2.24) is 4.90 Å². The van der Waals surface area contributed by atoms with Gasteiger partial charge in [-0.3, -0.25) is 4.79 Å². The number of carbonyl (C=O) groups is 1. The third kappa shape index (κ3) is 4.93. The second kappa shape index (κ2) is 7.92. The summed E-state index contributed by atoms with van der Waals surface area (Å²) >= 11 is 3.40. The van der Waals surface area contributed by atoms with Gasteiger partial charge in [0.15, 0.2) is 0 Å². The maximum absolute atomic E-state index is 12.9. The van der Waals surface area contributed by atoms with E-state index in [4.69, 9.17) is 4.74 Å². The number of benzene rings is 2. The summed E-state index contributed by atoms with van der Waals surface area (Å²) in [7, 11) is 3.29. The monoisotopic (exact) mass is 377 g/mol. The van der Waals surface area contributed by atoms with Crippen LogP contribution in [0.1, 0.15) is 11.1 Å². The Morgan fingerprint density at radius 1 is 1.26 bits per heavy atom. The molecule has 0 radical (unpaired) electrons. The first-order chi connectivity index (χ1) is 11.0. The number of nitrogens with zero attached hydrogens (tertiary/aromatic N) is 1. The van der Waals surface area contributed by atoms with Crippen LogP contribution in [0.15, 0.2) is 53.0 Å². The lowest BCUT2D eigenvalue weighted by Gasteiger charge is -2.15. The molecule has 0 N–H and O–H groups in total. The Hall–Kier alpha value is -2.14. The van der Waals surface area contributed by atoms with Crippen LogP contribution in [0.25, 0.3) is 6.08 Å². The van der Waals surface area contributed by atoms with Gasteiger partial charge in [0.2, 0.25) is 5.91 Å². The number of halogens is 2. The Kier molecular flexibility index (Phi) is 5.93.